The first-order valence-electron chi connectivity index (χ1n) is 6.58. The Bertz CT molecular complexity index is 514. The van der Waals surface area contributed by atoms with Gasteiger partial charge in [0.15, 0.2) is 0 Å². The molecule has 3 N–H and O–H groups in total. The first kappa shape index (κ1) is 16.3. The molecule has 0 saturated carbocycles. The van der Waals surface area contributed by atoms with Crippen molar-refractivity contribution in [1.29, 1.82) is 0 Å². The number of aliphatic carboxylic acids is 1. The Labute approximate surface area is 135 Å². The van der Waals surface area contributed by atoms with Crippen LogP contribution in [-0.4, -0.2) is 36.9 Å². The molecule has 2 amide bonds. The lowest BCUT2D eigenvalue weighted by Crippen LogP contribution is -2.48. The number of carboxylic acids is 1. The highest BCUT2D eigenvalue weighted by Crippen LogP contribution is 2.30. The molecule has 1 aliphatic rings. The number of carboxylic acid groups (broad SMARTS) is 1. The van der Waals surface area contributed by atoms with Crippen LogP contribution in [0.25, 0.3) is 0 Å². The molecule has 1 aromatic heterocycles. The van der Waals surface area contributed by atoms with Crippen LogP contribution in [0.4, 0.5) is 4.79 Å². The van der Waals surface area contributed by atoms with Crippen molar-refractivity contribution in [3.8, 4) is 0 Å². The van der Waals surface area contributed by atoms with E-state index in [1.54, 1.807) is 11.3 Å². The van der Waals surface area contributed by atoms with Gasteiger partial charge in [0.2, 0.25) is 0 Å². The van der Waals surface area contributed by atoms with Gasteiger partial charge in [-0.1, -0.05) is 0 Å². The summed E-state index contributed by atoms with van der Waals surface area (Å²) in [6.45, 7) is 1.37. The molecule has 0 radical (unpaired) electrons. The van der Waals surface area contributed by atoms with Gasteiger partial charge in [-0.15, -0.1) is 11.3 Å². The molecule has 0 unspecified atom stereocenters. The van der Waals surface area contributed by atoms with E-state index in [0.29, 0.717) is 32.6 Å². The number of hydrogen-bond acceptors (Lipinski definition) is 4. The summed E-state index contributed by atoms with van der Waals surface area (Å²) in [6.07, 6.45) is 0.834. The number of carbonyl (C=O) groups is 2. The molecule has 0 spiro atoms. The lowest BCUT2D eigenvalue weighted by molar-refractivity contribution is -0.154. The summed E-state index contributed by atoms with van der Waals surface area (Å²) in [6, 6.07) is 1.58. The number of amides is 2. The number of urea groups is 1. The maximum atomic E-state index is 11.8. The molecule has 8 heteroatoms. The number of rotatable bonds is 5. The van der Waals surface area contributed by atoms with Crippen LogP contribution in [0.5, 0.6) is 0 Å². The summed E-state index contributed by atoms with van der Waals surface area (Å²) in [5.74, 6) is -0.881. The van der Waals surface area contributed by atoms with Crippen LogP contribution in [0, 0.1) is 5.41 Å². The van der Waals surface area contributed by atoms with Gasteiger partial charge in [0.25, 0.3) is 0 Å². The second-order valence-corrected chi connectivity index (χ2v) is 6.88. The van der Waals surface area contributed by atoms with Gasteiger partial charge in [0.1, 0.15) is 0 Å². The molecule has 2 rings (SSSR count). The molecule has 6 nitrogen and oxygen atoms in total. The highest BCUT2D eigenvalue weighted by Gasteiger charge is 2.40. The van der Waals surface area contributed by atoms with Crippen LogP contribution < -0.4 is 10.6 Å². The largest absolute Gasteiger partial charge is 0.481 e. The average molecular weight is 377 g/mol. The van der Waals surface area contributed by atoms with Crippen molar-refractivity contribution < 1.29 is 19.4 Å². The standard InChI is InChI=1S/C13H17BrN2O4S/c14-9-5-10(21-7-9)6-15-12(19)16-8-13(11(17)18)1-3-20-4-2-13/h5,7H,1-4,6,8H2,(H,17,18)(H2,15,16,19). The summed E-state index contributed by atoms with van der Waals surface area (Å²) in [5, 5.41) is 16.7. The highest BCUT2D eigenvalue weighted by molar-refractivity contribution is 9.10. The number of carbonyl (C=O) groups excluding carboxylic acids is 1. The minimum Gasteiger partial charge on any atom is -0.481 e. The number of nitrogens with one attached hydrogen (secondary N) is 2. The average Bonchev–Trinajstić information content (AvgIpc) is 2.89. The molecule has 0 aliphatic carbocycles. The van der Waals surface area contributed by atoms with Crippen LogP contribution in [0.2, 0.25) is 0 Å². The van der Waals surface area contributed by atoms with E-state index in [-0.39, 0.29) is 12.6 Å². The molecule has 0 atom stereocenters. The molecule has 1 saturated heterocycles. The molecule has 1 fully saturated rings. The van der Waals surface area contributed by atoms with Gasteiger partial charge in [0, 0.05) is 34.5 Å². The van der Waals surface area contributed by atoms with Gasteiger partial charge >= 0.3 is 12.0 Å². The van der Waals surface area contributed by atoms with E-state index in [2.05, 4.69) is 26.6 Å². The minimum absolute atomic E-state index is 0.117. The Hall–Kier alpha value is -1.12. The fourth-order valence-electron chi connectivity index (χ4n) is 2.15. The quantitative estimate of drug-likeness (QED) is 0.734. The fraction of sp³-hybridized carbons (Fsp3) is 0.538. The summed E-state index contributed by atoms with van der Waals surface area (Å²) in [4.78, 5) is 24.2. The number of thiophene rings is 1. The fourth-order valence-corrected chi connectivity index (χ4v) is 3.55. The third-order valence-corrected chi connectivity index (χ3v) is 5.23. The molecule has 1 aliphatic heterocycles. The molecule has 2 heterocycles. The minimum atomic E-state index is -0.915. The van der Waals surface area contributed by atoms with Gasteiger partial charge in [-0.2, -0.15) is 0 Å². The van der Waals surface area contributed by atoms with Crippen molar-refractivity contribution in [2.24, 2.45) is 5.41 Å². The first-order chi connectivity index (χ1) is 10.0. The number of hydrogen-bond donors (Lipinski definition) is 3. The van der Waals surface area contributed by atoms with Crippen LogP contribution >= 0.6 is 27.3 Å². The Kier molecular flexibility index (Phi) is 5.60. The van der Waals surface area contributed by atoms with E-state index in [1.165, 1.54) is 0 Å². The van der Waals surface area contributed by atoms with Gasteiger partial charge in [-0.3, -0.25) is 4.79 Å². The topological polar surface area (TPSA) is 87.7 Å². The molecular weight excluding hydrogens is 360 g/mol. The SMILES string of the molecule is O=C(NCc1cc(Br)cs1)NCC1(C(=O)O)CCOCC1. The van der Waals surface area contributed by atoms with Crippen LogP contribution in [0.3, 0.4) is 0 Å². The second kappa shape index (κ2) is 7.24. The molecule has 0 bridgehead atoms. The lowest BCUT2D eigenvalue weighted by atomic mass is 9.80. The van der Waals surface area contributed by atoms with Crippen molar-refractivity contribution in [1.82, 2.24) is 10.6 Å². The molecule has 0 aromatic carbocycles. The van der Waals surface area contributed by atoms with E-state index in [1.807, 2.05) is 11.4 Å². The third kappa shape index (κ3) is 4.42. The number of halogens is 1. The van der Waals surface area contributed by atoms with Crippen molar-refractivity contribution in [2.75, 3.05) is 19.8 Å². The van der Waals surface area contributed by atoms with Gasteiger partial charge in [0.05, 0.1) is 12.0 Å². The van der Waals surface area contributed by atoms with E-state index in [9.17, 15) is 14.7 Å². The second-order valence-electron chi connectivity index (χ2n) is 4.97. The molecule has 1 aromatic rings. The Balaban J connectivity index is 1.80. The predicted octanol–water partition coefficient (Wildman–Crippen LogP) is 2.19. The molecular formula is C13H17BrN2O4S. The smallest absolute Gasteiger partial charge is 0.315 e. The van der Waals surface area contributed by atoms with Gasteiger partial charge < -0.3 is 20.5 Å². The lowest BCUT2D eigenvalue weighted by Gasteiger charge is -2.33. The van der Waals surface area contributed by atoms with Crippen molar-refractivity contribution in [3.05, 3.63) is 20.8 Å². The monoisotopic (exact) mass is 376 g/mol. The van der Waals surface area contributed by atoms with Gasteiger partial charge in [-0.05, 0) is 34.8 Å². The predicted molar refractivity (Wildman–Crippen MR) is 82.4 cm³/mol. The van der Waals surface area contributed by atoms with Crippen molar-refractivity contribution in [3.63, 3.8) is 0 Å². The van der Waals surface area contributed by atoms with Crippen molar-refractivity contribution in [2.45, 2.75) is 19.4 Å². The normalized spacial score (nSPS) is 17.2. The Morgan fingerprint density at radius 3 is 2.67 bits per heavy atom. The Morgan fingerprint density at radius 1 is 1.38 bits per heavy atom. The summed E-state index contributed by atoms with van der Waals surface area (Å²) in [5.41, 5.74) is -0.915. The van der Waals surface area contributed by atoms with E-state index in [4.69, 9.17) is 4.74 Å². The zero-order valence-corrected chi connectivity index (χ0v) is 13.8. The summed E-state index contributed by atoms with van der Waals surface area (Å²) >= 11 is 4.89. The van der Waals surface area contributed by atoms with Gasteiger partial charge in [-0.25, -0.2) is 4.79 Å². The Morgan fingerprint density at radius 2 is 2.10 bits per heavy atom. The van der Waals surface area contributed by atoms with E-state index in [0.717, 1.165) is 9.35 Å². The zero-order valence-electron chi connectivity index (χ0n) is 11.4. The van der Waals surface area contributed by atoms with Crippen LogP contribution in [0.1, 0.15) is 17.7 Å². The van der Waals surface area contributed by atoms with E-state index < -0.39 is 11.4 Å². The van der Waals surface area contributed by atoms with Crippen LogP contribution in [0.15, 0.2) is 15.9 Å². The summed E-state index contributed by atoms with van der Waals surface area (Å²) in [7, 11) is 0. The third-order valence-electron chi connectivity index (χ3n) is 3.54. The maximum absolute atomic E-state index is 11.8. The summed E-state index contributed by atoms with van der Waals surface area (Å²) < 4.78 is 6.18. The molecule has 21 heavy (non-hydrogen) atoms. The first-order valence-corrected chi connectivity index (χ1v) is 8.25. The zero-order chi connectivity index (χ0) is 15.3. The van der Waals surface area contributed by atoms with Crippen LogP contribution in [-0.2, 0) is 16.1 Å². The highest BCUT2D eigenvalue weighted by atomic mass is 79.9. The number of ether oxygens (including phenoxy) is 1. The molecule has 116 valence electrons. The van der Waals surface area contributed by atoms with Crippen molar-refractivity contribution >= 4 is 39.3 Å². The maximum Gasteiger partial charge on any atom is 0.315 e. The van der Waals surface area contributed by atoms with E-state index >= 15 is 0 Å².